The van der Waals surface area contributed by atoms with Gasteiger partial charge in [0.2, 0.25) is 17.8 Å². The Morgan fingerprint density at radius 2 is 1.72 bits per heavy atom. The van der Waals surface area contributed by atoms with E-state index in [1.54, 1.807) is 0 Å². The van der Waals surface area contributed by atoms with Crippen molar-refractivity contribution in [3.8, 4) is 5.75 Å². The number of aromatic nitrogens is 2. The van der Waals surface area contributed by atoms with Gasteiger partial charge in [0, 0.05) is 5.56 Å². The standard InChI is InChI=1S/C23H17ClFN3O4/c24-16-5-10(1-4-17(16)25)18(29)9-32-11-7-26-23(27-8-11)28-21(30)19-12-2-3-13(15-6-14(12)15)20(19)22(28)31/h1-5,7-8,12-15,19-20H,6,9H2/t12-,13+,14+,15-,19-,20+. The molecule has 1 aliphatic heterocycles. The molecule has 162 valence electrons. The second kappa shape index (κ2) is 6.93. The number of Topliss-reactive ketones (excluding diaryl/α,β-unsaturated/α-hetero) is 1. The normalized spacial score (nSPS) is 31.5. The molecule has 1 aromatic heterocycles. The fourth-order valence-corrected chi connectivity index (χ4v) is 5.74. The van der Waals surface area contributed by atoms with Crippen molar-refractivity contribution in [1.82, 2.24) is 9.97 Å². The minimum atomic E-state index is -0.611. The van der Waals surface area contributed by atoms with Crippen LogP contribution in [-0.4, -0.2) is 34.2 Å². The Balaban J connectivity index is 1.15. The van der Waals surface area contributed by atoms with Gasteiger partial charge in [0.1, 0.15) is 5.82 Å². The van der Waals surface area contributed by atoms with E-state index < -0.39 is 11.6 Å². The van der Waals surface area contributed by atoms with E-state index in [0.717, 1.165) is 17.4 Å². The molecular formula is C23H17ClFN3O4. The number of carbonyl (C=O) groups excluding carboxylic acids is 3. The van der Waals surface area contributed by atoms with E-state index in [2.05, 4.69) is 22.1 Å². The van der Waals surface area contributed by atoms with Gasteiger partial charge in [-0.2, -0.15) is 0 Å². The molecule has 4 aliphatic carbocycles. The lowest BCUT2D eigenvalue weighted by Crippen LogP contribution is -2.40. The van der Waals surface area contributed by atoms with E-state index in [1.807, 2.05) is 0 Å². The van der Waals surface area contributed by atoms with Crippen molar-refractivity contribution in [2.24, 2.45) is 35.5 Å². The molecular weight excluding hydrogens is 437 g/mol. The van der Waals surface area contributed by atoms with Crippen LogP contribution in [0.15, 0.2) is 42.7 Å². The molecule has 2 heterocycles. The first-order valence-corrected chi connectivity index (χ1v) is 10.8. The highest BCUT2D eigenvalue weighted by Crippen LogP contribution is 2.65. The molecule has 1 saturated heterocycles. The van der Waals surface area contributed by atoms with Crippen molar-refractivity contribution in [1.29, 1.82) is 0 Å². The summed E-state index contributed by atoms with van der Waals surface area (Å²) in [6.45, 7) is -0.325. The molecule has 5 aliphatic rings. The molecule has 0 unspecified atom stereocenters. The van der Waals surface area contributed by atoms with Crippen molar-refractivity contribution in [2.45, 2.75) is 6.42 Å². The number of ether oxygens (including phenoxy) is 1. The van der Waals surface area contributed by atoms with Crippen LogP contribution in [0, 0.1) is 41.3 Å². The smallest absolute Gasteiger partial charge is 0.240 e. The Morgan fingerprint density at radius 3 is 2.31 bits per heavy atom. The van der Waals surface area contributed by atoms with E-state index in [4.69, 9.17) is 16.3 Å². The van der Waals surface area contributed by atoms with Crippen LogP contribution in [0.3, 0.4) is 0 Å². The van der Waals surface area contributed by atoms with Gasteiger partial charge in [-0.25, -0.2) is 19.3 Å². The molecule has 6 atom stereocenters. The van der Waals surface area contributed by atoms with Crippen LogP contribution in [-0.2, 0) is 9.59 Å². The van der Waals surface area contributed by atoms with Crippen LogP contribution >= 0.6 is 11.6 Å². The van der Waals surface area contributed by atoms with Crippen LogP contribution in [0.2, 0.25) is 5.02 Å². The molecule has 7 rings (SSSR count). The van der Waals surface area contributed by atoms with Crippen LogP contribution in [0.5, 0.6) is 5.75 Å². The van der Waals surface area contributed by atoms with Gasteiger partial charge in [0.25, 0.3) is 0 Å². The molecule has 2 saturated carbocycles. The van der Waals surface area contributed by atoms with Crippen molar-refractivity contribution >= 4 is 35.1 Å². The maximum Gasteiger partial charge on any atom is 0.240 e. The molecule has 0 N–H and O–H groups in total. The number of ketones is 1. The third kappa shape index (κ3) is 2.82. The number of hydrogen-bond donors (Lipinski definition) is 0. The number of benzene rings is 1. The summed E-state index contributed by atoms with van der Waals surface area (Å²) in [7, 11) is 0. The fourth-order valence-electron chi connectivity index (χ4n) is 5.56. The third-order valence-electron chi connectivity index (χ3n) is 7.09. The van der Waals surface area contributed by atoms with Crippen LogP contribution in [0.4, 0.5) is 10.3 Å². The Kier molecular flexibility index (Phi) is 4.24. The number of nitrogens with zero attached hydrogens (tertiary/aromatic N) is 3. The summed E-state index contributed by atoms with van der Waals surface area (Å²) in [6.07, 6.45) is 7.96. The average Bonchev–Trinajstić information content (AvgIpc) is 3.58. The van der Waals surface area contributed by atoms with E-state index in [1.165, 1.54) is 24.5 Å². The van der Waals surface area contributed by atoms with E-state index in [9.17, 15) is 18.8 Å². The zero-order valence-corrected chi connectivity index (χ0v) is 17.4. The summed E-state index contributed by atoms with van der Waals surface area (Å²) < 4.78 is 18.7. The predicted molar refractivity (Wildman–Crippen MR) is 110 cm³/mol. The third-order valence-corrected chi connectivity index (χ3v) is 7.38. The number of imide groups is 1. The molecule has 0 radical (unpaired) electrons. The molecule has 2 aromatic rings. The van der Waals surface area contributed by atoms with E-state index in [0.29, 0.717) is 11.8 Å². The fraction of sp³-hybridized carbons (Fsp3) is 0.348. The number of hydrogen-bond acceptors (Lipinski definition) is 6. The van der Waals surface area contributed by atoms with Crippen molar-refractivity contribution < 1.29 is 23.5 Å². The van der Waals surface area contributed by atoms with E-state index >= 15 is 0 Å². The molecule has 0 spiro atoms. The summed E-state index contributed by atoms with van der Waals surface area (Å²) >= 11 is 5.70. The summed E-state index contributed by atoms with van der Waals surface area (Å²) in [4.78, 5) is 47.8. The topological polar surface area (TPSA) is 89.5 Å². The SMILES string of the molecule is O=C(COc1cnc(N2C(=O)[C@@H]3[C@@H]4C=C[C@@H]([C@H]5C[C@@H]45)[C@@H]3C2=O)nc1)c1ccc(F)c(Cl)c1. The number of rotatable bonds is 5. The van der Waals surface area contributed by atoms with Crippen molar-refractivity contribution in [3.05, 3.63) is 59.1 Å². The largest absolute Gasteiger partial charge is 0.482 e. The lowest BCUT2D eigenvalue weighted by atomic mass is 9.63. The van der Waals surface area contributed by atoms with E-state index in [-0.39, 0.29) is 64.4 Å². The second-order valence-electron chi connectivity index (χ2n) is 8.73. The van der Waals surface area contributed by atoms with Gasteiger partial charge in [0.05, 0.1) is 29.3 Å². The average molecular weight is 454 g/mol. The summed E-state index contributed by atoms with van der Waals surface area (Å²) in [6, 6.07) is 3.67. The maximum absolute atomic E-state index is 13.3. The first-order chi connectivity index (χ1) is 15.4. The molecule has 32 heavy (non-hydrogen) atoms. The van der Waals surface area contributed by atoms with Gasteiger partial charge < -0.3 is 4.74 Å². The van der Waals surface area contributed by atoms with Crippen LogP contribution < -0.4 is 9.64 Å². The first kappa shape index (κ1) is 19.5. The Bertz CT molecular complexity index is 1160. The lowest BCUT2D eigenvalue weighted by Gasteiger charge is -2.37. The van der Waals surface area contributed by atoms with Crippen LogP contribution in [0.25, 0.3) is 0 Å². The minimum absolute atomic E-state index is 0.0199. The predicted octanol–water partition coefficient (Wildman–Crippen LogP) is 3.09. The highest BCUT2D eigenvalue weighted by Gasteiger charge is 2.67. The quantitative estimate of drug-likeness (QED) is 0.392. The zero-order chi connectivity index (χ0) is 22.1. The van der Waals surface area contributed by atoms with Crippen LogP contribution in [0.1, 0.15) is 16.8 Å². The molecule has 2 bridgehead atoms. The van der Waals surface area contributed by atoms with Gasteiger partial charge >= 0.3 is 0 Å². The van der Waals surface area contributed by atoms with Crippen molar-refractivity contribution in [3.63, 3.8) is 0 Å². The first-order valence-electron chi connectivity index (χ1n) is 10.4. The molecule has 7 nitrogen and oxygen atoms in total. The number of halogens is 2. The number of anilines is 1. The van der Waals surface area contributed by atoms with Gasteiger partial charge in [-0.1, -0.05) is 23.8 Å². The van der Waals surface area contributed by atoms with Crippen molar-refractivity contribution in [2.75, 3.05) is 11.5 Å². The highest BCUT2D eigenvalue weighted by molar-refractivity contribution is 6.31. The lowest BCUT2D eigenvalue weighted by molar-refractivity contribution is -0.124. The molecule has 3 fully saturated rings. The van der Waals surface area contributed by atoms with Gasteiger partial charge in [0.15, 0.2) is 18.1 Å². The number of carbonyl (C=O) groups is 3. The second-order valence-corrected chi connectivity index (χ2v) is 9.13. The molecule has 2 amide bonds. The van der Waals surface area contributed by atoms with Gasteiger partial charge in [-0.15, -0.1) is 0 Å². The molecule has 1 aromatic carbocycles. The Hall–Kier alpha value is -3.13. The monoisotopic (exact) mass is 453 g/mol. The Labute approximate surface area is 187 Å². The Morgan fingerprint density at radius 1 is 1.09 bits per heavy atom. The number of allylic oxidation sites excluding steroid dienone is 2. The number of amides is 2. The molecule has 9 heteroatoms. The minimum Gasteiger partial charge on any atom is -0.482 e. The zero-order valence-electron chi connectivity index (χ0n) is 16.7. The summed E-state index contributed by atoms with van der Waals surface area (Å²) in [5.41, 5.74) is 0.214. The van der Waals surface area contributed by atoms with Gasteiger partial charge in [-0.3, -0.25) is 14.4 Å². The summed E-state index contributed by atoms with van der Waals surface area (Å²) in [5, 5.41) is -0.148. The summed E-state index contributed by atoms with van der Waals surface area (Å²) in [5.74, 6) is -0.589. The van der Waals surface area contributed by atoms with Gasteiger partial charge in [-0.05, 0) is 48.3 Å². The maximum atomic E-state index is 13.3. The highest BCUT2D eigenvalue weighted by atomic mass is 35.5.